The lowest BCUT2D eigenvalue weighted by molar-refractivity contribution is -0.129. The Balaban J connectivity index is 1.46. The van der Waals surface area contributed by atoms with E-state index < -0.39 is 0 Å². The molecule has 0 bridgehead atoms. The van der Waals surface area contributed by atoms with Gasteiger partial charge < -0.3 is 15.2 Å². The van der Waals surface area contributed by atoms with Crippen LogP contribution in [-0.4, -0.2) is 41.3 Å². The molecule has 124 valence electrons. The van der Waals surface area contributed by atoms with Crippen LogP contribution in [0.15, 0.2) is 42.5 Å². The number of likely N-dealkylation sites (tertiary alicyclic amines) is 1. The molecule has 4 rings (SSSR count). The topological polar surface area (TPSA) is 65.2 Å². The molecule has 2 aliphatic heterocycles. The molecule has 3 heterocycles. The summed E-state index contributed by atoms with van der Waals surface area (Å²) in [5, 5.41) is 2.93. The summed E-state index contributed by atoms with van der Waals surface area (Å²) in [5.74, 6) is 0.186. The van der Waals surface area contributed by atoms with Crippen LogP contribution >= 0.6 is 0 Å². The van der Waals surface area contributed by atoms with E-state index in [9.17, 15) is 9.59 Å². The van der Waals surface area contributed by atoms with Crippen molar-refractivity contribution in [2.75, 3.05) is 19.6 Å². The summed E-state index contributed by atoms with van der Waals surface area (Å²) in [6.45, 7) is 2.06. The number of H-pyrrole nitrogens is 1. The van der Waals surface area contributed by atoms with Crippen molar-refractivity contribution >= 4 is 11.8 Å². The number of nitrogens with zero attached hydrogens (tertiary/aromatic N) is 1. The highest BCUT2D eigenvalue weighted by molar-refractivity contribution is 5.94. The minimum Gasteiger partial charge on any atom is -0.356 e. The van der Waals surface area contributed by atoms with Crippen LogP contribution in [0.25, 0.3) is 11.3 Å². The minimum atomic E-state index is -0.234. The third kappa shape index (κ3) is 2.50. The highest BCUT2D eigenvalue weighted by Gasteiger charge is 2.45. The number of aromatic nitrogens is 1. The van der Waals surface area contributed by atoms with Gasteiger partial charge in [-0.15, -0.1) is 0 Å². The lowest BCUT2D eigenvalue weighted by Gasteiger charge is -2.37. The third-order valence-electron chi connectivity index (χ3n) is 5.38. The maximum atomic E-state index is 12.7. The number of piperidine rings is 1. The molecule has 2 amide bonds. The Morgan fingerprint density at radius 3 is 2.42 bits per heavy atom. The summed E-state index contributed by atoms with van der Waals surface area (Å²) in [5.41, 5.74) is 2.39. The van der Waals surface area contributed by atoms with Gasteiger partial charge in [-0.3, -0.25) is 9.59 Å². The number of hydrogen-bond donors (Lipinski definition) is 2. The lowest BCUT2D eigenvalue weighted by atomic mass is 9.77. The number of aromatic amines is 1. The van der Waals surface area contributed by atoms with Gasteiger partial charge in [0.15, 0.2) is 0 Å². The average molecular weight is 323 g/mol. The van der Waals surface area contributed by atoms with Crippen LogP contribution in [0, 0.1) is 5.41 Å². The predicted octanol–water partition coefficient (Wildman–Crippen LogP) is 2.42. The summed E-state index contributed by atoms with van der Waals surface area (Å²) >= 11 is 0. The standard InChI is InChI=1S/C19H21N3O2/c23-17(16-7-6-15(21-16)14-4-2-1-3-5-14)22-12-9-19(10-13-22)8-11-20-18(19)24/h1-7,21H,8-13H2,(H,20,24). The van der Waals surface area contributed by atoms with E-state index in [0.717, 1.165) is 37.1 Å². The summed E-state index contributed by atoms with van der Waals surface area (Å²) in [6, 6.07) is 13.8. The van der Waals surface area contributed by atoms with Crippen LogP contribution < -0.4 is 5.32 Å². The van der Waals surface area contributed by atoms with Crippen molar-refractivity contribution in [1.29, 1.82) is 0 Å². The second-order valence-corrected chi connectivity index (χ2v) is 6.73. The van der Waals surface area contributed by atoms with Crippen LogP contribution in [0.2, 0.25) is 0 Å². The van der Waals surface area contributed by atoms with Gasteiger partial charge in [-0.1, -0.05) is 30.3 Å². The van der Waals surface area contributed by atoms with Gasteiger partial charge in [-0.2, -0.15) is 0 Å². The highest BCUT2D eigenvalue weighted by atomic mass is 16.2. The number of carbonyl (C=O) groups excluding carboxylic acids is 2. The molecule has 2 aromatic rings. The van der Waals surface area contributed by atoms with Crippen LogP contribution in [-0.2, 0) is 4.79 Å². The normalized spacial score (nSPS) is 19.5. The fourth-order valence-electron chi connectivity index (χ4n) is 3.81. The average Bonchev–Trinajstić information content (AvgIpc) is 3.24. The van der Waals surface area contributed by atoms with Gasteiger partial charge in [0.25, 0.3) is 5.91 Å². The van der Waals surface area contributed by atoms with E-state index in [2.05, 4.69) is 10.3 Å². The third-order valence-corrected chi connectivity index (χ3v) is 5.38. The largest absolute Gasteiger partial charge is 0.356 e. The van der Waals surface area contributed by atoms with Crippen molar-refractivity contribution in [1.82, 2.24) is 15.2 Å². The van der Waals surface area contributed by atoms with Gasteiger partial charge in [0, 0.05) is 25.3 Å². The van der Waals surface area contributed by atoms with Gasteiger partial charge >= 0.3 is 0 Å². The molecule has 2 fully saturated rings. The number of amides is 2. The number of hydrogen-bond acceptors (Lipinski definition) is 2. The molecule has 24 heavy (non-hydrogen) atoms. The molecule has 0 unspecified atom stereocenters. The molecule has 0 saturated carbocycles. The second-order valence-electron chi connectivity index (χ2n) is 6.73. The first kappa shape index (κ1) is 15.0. The highest BCUT2D eigenvalue weighted by Crippen LogP contribution is 2.38. The number of benzene rings is 1. The molecule has 2 aliphatic rings. The van der Waals surface area contributed by atoms with E-state index in [4.69, 9.17) is 0 Å². The van der Waals surface area contributed by atoms with Crippen molar-refractivity contribution in [3.05, 3.63) is 48.2 Å². The summed E-state index contributed by atoms with van der Waals surface area (Å²) in [7, 11) is 0. The Bertz CT molecular complexity index is 758. The SMILES string of the molecule is O=C(c1ccc(-c2ccccc2)[nH]1)N1CCC2(CCNC2=O)CC1. The van der Waals surface area contributed by atoms with Gasteiger partial charge in [0.05, 0.1) is 5.41 Å². The zero-order valence-electron chi connectivity index (χ0n) is 13.5. The van der Waals surface area contributed by atoms with Gasteiger partial charge in [-0.25, -0.2) is 0 Å². The predicted molar refractivity (Wildman–Crippen MR) is 91.4 cm³/mol. The van der Waals surface area contributed by atoms with Crippen LogP contribution in [0.1, 0.15) is 29.8 Å². The van der Waals surface area contributed by atoms with E-state index in [1.54, 1.807) is 0 Å². The summed E-state index contributed by atoms with van der Waals surface area (Å²) < 4.78 is 0. The van der Waals surface area contributed by atoms with Crippen LogP contribution in [0.3, 0.4) is 0 Å². The molecule has 5 heteroatoms. The molecule has 2 saturated heterocycles. The first-order valence-electron chi connectivity index (χ1n) is 8.50. The van der Waals surface area contributed by atoms with E-state index in [1.807, 2.05) is 47.4 Å². The smallest absolute Gasteiger partial charge is 0.270 e. The van der Waals surface area contributed by atoms with Gasteiger partial charge in [0.1, 0.15) is 5.69 Å². The van der Waals surface area contributed by atoms with Gasteiger partial charge in [0.2, 0.25) is 5.91 Å². The lowest BCUT2D eigenvalue weighted by Crippen LogP contribution is -2.46. The fraction of sp³-hybridized carbons (Fsp3) is 0.368. The number of nitrogens with one attached hydrogen (secondary N) is 2. The molecule has 0 radical (unpaired) electrons. The Kier molecular flexibility index (Phi) is 3.63. The molecular weight excluding hydrogens is 302 g/mol. The Morgan fingerprint density at radius 2 is 1.75 bits per heavy atom. The molecule has 5 nitrogen and oxygen atoms in total. The molecular formula is C19H21N3O2. The Labute approximate surface area is 141 Å². The monoisotopic (exact) mass is 323 g/mol. The summed E-state index contributed by atoms with van der Waals surface area (Å²) in [4.78, 5) is 29.8. The van der Waals surface area contributed by atoms with E-state index in [0.29, 0.717) is 18.8 Å². The van der Waals surface area contributed by atoms with E-state index >= 15 is 0 Å². The molecule has 0 aliphatic carbocycles. The van der Waals surface area contributed by atoms with Crippen molar-refractivity contribution in [3.63, 3.8) is 0 Å². The minimum absolute atomic E-state index is 0.0189. The Morgan fingerprint density at radius 1 is 1.00 bits per heavy atom. The maximum absolute atomic E-state index is 12.7. The van der Waals surface area contributed by atoms with E-state index in [1.165, 1.54) is 0 Å². The van der Waals surface area contributed by atoms with Crippen molar-refractivity contribution < 1.29 is 9.59 Å². The van der Waals surface area contributed by atoms with Crippen molar-refractivity contribution in [3.8, 4) is 11.3 Å². The number of carbonyl (C=O) groups is 2. The summed E-state index contributed by atoms with van der Waals surface area (Å²) in [6.07, 6.45) is 2.42. The molecule has 0 atom stereocenters. The van der Waals surface area contributed by atoms with Crippen LogP contribution in [0.4, 0.5) is 0 Å². The first-order chi connectivity index (χ1) is 11.7. The van der Waals surface area contributed by atoms with Gasteiger partial charge in [-0.05, 0) is 37.0 Å². The Hall–Kier alpha value is -2.56. The molecule has 1 aromatic heterocycles. The van der Waals surface area contributed by atoms with Crippen LogP contribution in [0.5, 0.6) is 0 Å². The zero-order chi connectivity index (χ0) is 16.6. The van der Waals surface area contributed by atoms with Crippen molar-refractivity contribution in [2.45, 2.75) is 19.3 Å². The maximum Gasteiger partial charge on any atom is 0.270 e. The first-order valence-corrected chi connectivity index (χ1v) is 8.50. The fourth-order valence-corrected chi connectivity index (χ4v) is 3.81. The van der Waals surface area contributed by atoms with Crippen molar-refractivity contribution in [2.24, 2.45) is 5.41 Å². The molecule has 2 N–H and O–H groups in total. The van der Waals surface area contributed by atoms with E-state index in [-0.39, 0.29) is 17.2 Å². The second kappa shape index (κ2) is 5.82. The quantitative estimate of drug-likeness (QED) is 0.891. The molecule has 1 aromatic carbocycles. The zero-order valence-corrected chi connectivity index (χ0v) is 13.5. The molecule has 1 spiro atoms. The number of rotatable bonds is 2.